The first-order valence-electron chi connectivity index (χ1n) is 5.13. The van der Waals surface area contributed by atoms with Gasteiger partial charge in [-0.3, -0.25) is 0 Å². The second kappa shape index (κ2) is 4.33. The van der Waals surface area contributed by atoms with E-state index in [1.807, 2.05) is 0 Å². The summed E-state index contributed by atoms with van der Waals surface area (Å²) in [6.45, 7) is 7.14. The molecule has 0 N–H and O–H groups in total. The molecule has 0 nitrogen and oxygen atoms in total. The van der Waals surface area contributed by atoms with Crippen LogP contribution in [0.2, 0.25) is 5.04 Å². The first-order valence-corrected chi connectivity index (χ1v) is 9.82. The van der Waals surface area contributed by atoms with Gasteiger partial charge in [-0.15, -0.1) is 0 Å². The predicted molar refractivity (Wildman–Crippen MR) is 63.1 cm³/mol. The van der Waals surface area contributed by atoms with Gasteiger partial charge in [-0.25, -0.2) is 0 Å². The molecular weight excluding hydrogens is 176 g/mol. The average molecular weight is 196 g/mol. The van der Waals surface area contributed by atoms with Crippen molar-refractivity contribution in [3.8, 4) is 0 Å². The van der Waals surface area contributed by atoms with E-state index in [4.69, 9.17) is 0 Å². The first kappa shape index (κ1) is 10.1. The molecule has 0 radical (unpaired) electrons. The molecule has 0 saturated heterocycles. The van der Waals surface area contributed by atoms with E-state index in [2.05, 4.69) is 38.2 Å². The lowest BCUT2D eigenvalue weighted by Gasteiger charge is -2.31. The largest absolute Gasteiger partial charge is 0.0812 e. The van der Waals surface area contributed by atoms with Crippen LogP contribution in [-0.4, -0.2) is 22.6 Å². The fourth-order valence-electron chi connectivity index (χ4n) is 1.91. The molecule has 0 unspecified atom stereocenters. The predicted octanol–water partition coefficient (Wildman–Crippen LogP) is 2.03. The van der Waals surface area contributed by atoms with Crippen LogP contribution in [0.4, 0.5) is 0 Å². The van der Waals surface area contributed by atoms with E-state index in [1.54, 1.807) is 0 Å². The molecule has 1 heterocycles. The van der Waals surface area contributed by atoms with Gasteiger partial charge < -0.3 is 0 Å². The molecule has 0 bridgehead atoms. The van der Waals surface area contributed by atoms with Crippen LogP contribution >= 0.6 is 0 Å². The zero-order chi connectivity index (χ0) is 9.03. The van der Waals surface area contributed by atoms with Gasteiger partial charge in [0.05, 0.1) is 0 Å². The fraction of sp³-hybridized carbons (Fsp3) is 0.700. The van der Waals surface area contributed by atoms with Crippen LogP contribution in [-0.2, 0) is 0 Å². The van der Waals surface area contributed by atoms with Crippen molar-refractivity contribution in [1.29, 1.82) is 0 Å². The van der Waals surface area contributed by atoms with E-state index < -0.39 is 0 Å². The Bertz CT molecular complexity index is 192. The van der Waals surface area contributed by atoms with Crippen LogP contribution in [0.1, 0.15) is 40.0 Å². The van der Waals surface area contributed by atoms with Gasteiger partial charge in [-0.2, -0.15) is 0 Å². The maximum atomic E-state index is 2.49. The Morgan fingerprint density at radius 2 is 1.67 bits per heavy atom. The van der Waals surface area contributed by atoms with Crippen LogP contribution in [0.3, 0.4) is 0 Å². The van der Waals surface area contributed by atoms with Gasteiger partial charge in [0.15, 0.2) is 0 Å². The third-order valence-corrected chi connectivity index (χ3v) is 12.2. The molecule has 0 amide bonds. The van der Waals surface area contributed by atoms with E-state index in [9.17, 15) is 0 Å². The fourth-order valence-corrected chi connectivity index (χ4v) is 10.6. The molecule has 1 rings (SSSR count). The molecule has 0 saturated carbocycles. The summed E-state index contributed by atoms with van der Waals surface area (Å²) in [5.74, 6) is 0. The van der Waals surface area contributed by atoms with E-state index in [0.29, 0.717) is 0 Å². The van der Waals surface area contributed by atoms with Crippen LogP contribution in [0.25, 0.3) is 0 Å². The lowest BCUT2D eigenvalue weighted by molar-refractivity contribution is 0.501. The van der Waals surface area contributed by atoms with Gasteiger partial charge in [-0.05, 0) is 5.04 Å². The Kier molecular flexibility index (Phi) is 3.65. The lowest BCUT2D eigenvalue weighted by atomic mass is 9.99. The highest BCUT2D eigenvalue weighted by molar-refractivity contribution is 7.19. The van der Waals surface area contributed by atoms with E-state index >= 15 is 0 Å². The summed E-state index contributed by atoms with van der Waals surface area (Å²) in [4.78, 5) is 0. The average Bonchev–Trinajstić information content (AvgIpc) is 2.05. The number of hydrogen-bond acceptors (Lipinski definition) is 0. The molecule has 0 aromatic carbocycles. The topological polar surface area (TPSA) is 0 Å². The highest BCUT2D eigenvalue weighted by atomic mass is 29.2. The molecule has 0 aromatic heterocycles. The molecule has 0 atom stereocenters. The Morgan fingerprint density at radius 3 is 1.92 bits per heavy atom. The summed E-state index contributed by atoms with van der Waals surface area (Å²) in [5, 5.41) is 0.801. The van der Waals surface area contributed by atoms with E-state index in [0.717, 1.165) is 5.04 Å². The summed E-state index contributed by atoms with van der Waals surface area (Å²) in [6, 6.07) is 0. The van der Waals surface area contributed by atoms with Crippen LogP contribution in [0.5, 0.6) is 0 Å². The molecule has 0 spiro atoms. The SMILES string of the molecule is CCC(CC)(CC)[SiH2][Si]1=CC=C1. The Hall–Kier alpha value is 0.0438. The molecule has 0 aromatic rings. The van der Waals surface area contributed by atoms with Gasteiger partial charge in [0.1, 0.15) is 0 Å². The molecule has 0 fully saturated rings. The van der Waals surface area contributed by atoms with Crippen molar-refractivity contribution in [3.05, 3.63) is 11.8 Å². The quantitative estimate of drug-likeness (QED) is 0.590. The minimum Gasteiger partial charge on any atom is -0.0812 e. The summed E-state index contributed by atoms with van der Waals surface area (Å²) >= 11 is 0. The second-order valence-electron chi connectivity index (χ2n) is 3.84. The maximum Gasteiger partial charge on any atom is 0.0436 e. The van der Waals surface area contributed by atoms with Crippen LogP contribution in [0.15, 0.2) is 11.8 Å². The first-order chi connectivity index (χ1) is 5.76. The Labute approximate surface area is 79.9 Å². The summed E-state index contributed by atoms with van der Waals surface area (Å²) in [5.41, 5.74) is 4.99. The number of hydrogen-bond donors (Lipinski definition) is 0. The van der Waals surface area contributed by atoms with Crippen LogP contribution < -0.4 is 0 Å². The highest BCUT2D eigenvalue weighted by Crippen LogP contribution is 2.37. The van der Waals surface area contributed by atoms with E-state index in [1.165, 1.54) is 19.3 Å². The third-order valence-electron chi connectivity index (χ3n) is 3.45. The molecule has 68 valence electrons. The van der Waals surface area contributed by atoms with Gasteiger partial charge >= 0.3 is 0 Å². The molecule has 1 aliphatic heterocycles. The molecule has 0 aliphatic carbocycles. The minimum atomic E-state index is -0.00762. The third kappa shape index (κ3) is 2.04. The zero-order valence-electron chi connectivity index (χ0n) is 8.56. The van der Waals surface area contributed by atoms with E-state index in [-0.39, 0.29) is 17.0 Å². The van der Waals surface area contributed by atoms with Gasteiger partial charge in [0, 0.05) is 17.0 Å². The maximum absolute atomic E-state index is 2.49. The van der Waals surface area contributed by atoms with Gasteiger partial charge in [-0.1, -0.05) is 57.5 Å². The summed E-state index contributed by atoms with van der Waals surface area (Å²) in [6.07, 6.45) is 6.51. The van der Waals surface area contributed by atoms with Gasteiger partial charge in [0.2, 0.25) is 0 Å². The van der Waals surface area contributed by atoms with Crippen molar-refractivity contribution in [2.24, 2.45) is 0 Å². The van der Waals surface area contributed by atoms with Crippen molar-refractivity contribution in [2.45, 2.75) is 45.1 Å². The van der Waals surface area contributed by atoms with Crippen molar-refractivity contribution < 1.29 is 0 Å². The molecule has 2 heteroatoms. The van der Waals surface area contributed by atoms with Gasteiger partial charge in [0.25, 0.3) is 0 Å². The standard InChI is InChI=1S/C10H20Si2/c1-4-10(5-2,6-3)11-12-8-7-9-12/h7-9H,4-6,11H2,1-3H3. The molecule has 12 heavy (non-hydrogen) atoms. The molecule has 1 aliphatic rings. The second-order valence-corrected chi connectivity index (χ2v) is 11.0. The molecular formula is C10H20Si2. The Balaban J connectivity index is 2.52. The number of rotatable bonds is 5. The lowest BCUT2D eigenvalue weighted by Crippen LogP contribution is -2.30. The van der Waals surface area contributed by atoms with Crippen molar-refractivity contribution in [2.75, 3.05) is 0 Å². The minimum absolute atomic E-state index is 0.00762. The van der Waals surface area contributed by atoms with Crippen molar-refractivity contribution in [1.82, 2.24) is 0 Å². The summed E-state index contributed by atoms with van der Waals surface area (Å²) < 4.78 is 0. The highest BCUT2D eigenvalue weighted by Gasteiger charge is 2.25. The summed E-state index contributed by atoms with van der Waals surface area (Å²) in [7, 11) is 0.181. The zero-order valence-corrected chi connectivity index (χ0v) is 11.0. The van der Waals surface area contributed by atoms with Crippen LogP contribution in [0, 0.1) is 0 Å². The van der Waals surface area contributed by atoms with Crippen molar-refractivity contribution in [3.63, 3.8) is 0 Å². The normalized spacial score (nSPS) is 16.8. The smallest absolute Gasteiger partial charge is 0.0436 e. The number of allylic oxidation sites excluding steroid dienone is 1. The monoisotopic (exact) mass is 196 g/mol. The Morgan fingerprint density at radius 1 is 1.17 bits per heavy atom. The van der Waals surface area contributed by atoms with Crippen molar-refractivity contribution >= 4 is 22.6 Å².